The normalized spacial score (nSPS) is 12.6. The average molecular weight is 335 g/mol. The van der Waals surface area contributed by atoms with Crippen LogP contribution in [0.2, 0.25) is 5.02 Å². The Morgan fingerprint density at radius 3 is 2.72 bits per heavy atom. The van der Waals surface area contributed by atoms with Gasteiger partial charge in [-0.1, -0.05) is 25.4 Å². The van der Waals surface area contributed by atoms with Gasteiger partial charge in [0, 0.05) is 16.0 Å². The Balaban J connectivity index is 2.51. The van der Waals surface area contributed by atoms with Crippen molar-refractivity contribution in [3.63, 3.8) is 0 Å². The maximum Gasteiger partial charge on any atom is 0.252 e. The van der Waals surface area contributed by atoms with E-state index >= 15 is 0 Å². The van der Waals surface area contributed by atoms with E-state index in [0.717, 1.165) is 0 Å². The Hall–Kier alpha value is -0.580. The van der Waals surface area contributed by atoms with Crippen LogP contribution in [0.3, 0.4) is 0 Å². The minimum atomic E-state index is -0.390. The molecule has 1 atom stereocenters. The van der Waals surface area contributed by atoms with Gasteiger partial charge in [-0.05, 0) is 46.5 Å². The van der Waals surface area contributed by atoms with Gasteiger partial charge in [0.2, 0.25) is 0 Å². The summed E-state index contributed by atoms with van der Waals surface area (Å²) in [6.45, 7) is 4.35. The molecular weight excluding hydrogens is 318 g/mol. The van der Waals surface area contributed by atoms with Gasteiger partial charge >= 0.3 is 0 Å². The first-order valence-corrected chi connectivity index (χ1v) is 7.00. The molecule has 0 bridgehead atoms. The van der Waals surface area contributed by atoms with Crippen molar-refractivity contribution in [2.45, 2.75) is 26.4 Å². The fourth-order valence-electron chi connectivity index (χ4n) is 1.44. The monoisotopic (exact) mass is 333 g/mol. The van der Waals surface area contributed by atoms with Crippen molar-refractivity contribution in [1.29, 1.82) is 0 Å². The van der Waals surface area contributed by atoms with Gasteiger partial charge in [0.25, 0.3) is 5.91 Å². The zero-order chi connectivity index (χ0) is 13.7. The van der Waals surface area contributed by atoms with Crippen LogP contribution in [0.5, 0.6) is 0 Å². The Kier molecular flexibility index (Phi) is 6.12. The second-order valence-electron chi connectivity index (χ2n) is 4.48. The number of aliphatic hydroxyl groups excluding tert-OH is 1. The third kappa shape index (κ3) is 4.59. The van der Waals surface area contributed by atoms with Crippen molar-refractivity contribution >= 4 is 33.4 Å². The summed E-state index contributed by atoms with van der Waals surface area (Å²) in [7, 11) is 0. The summed E-state index contributed by atoms with van der Waals surface area (Å²) in [5.41, 5.74) is 0.540. The van der Waals surface area contributed by atoms with Crippen LogP contribution in [0.4, 0.5) is 0 Å². The molecule has 0 spiro atoms. The lowest BCUT2D eigenvalue weighted by atomic mass is 10.0. The van der Waals surface area contributed by atoms with Gasteiger partial charge in [0.05, 0.1) is 11.7 Å². The highest BCUT2D eigenvalue weighted by Gasteiger charge is 2.12. The van der Waals surface area contributed by atoms with Crippen molar-refractivity contribution in [1.82, 2.24) is 5.32 Å². The predicted octanol–water partition coefficient (Wildman–Crippen LogP) is 3.24. The summed E-state index contributed by atoms with van der Waals surface area (Å²) in [5, 5.41) is 13.0. The van der Waals surface area contributed by atoms with Gasteiger partial charge < -0.3 is 10.4 Å². The molecule has 0 fully saturated rings. The van der Waals surface area contributed by atoms with E-state index in [-0.39, 0.29) is 17.9 Å². The number of rotatable bonds is 5. The van der Waals surface area contributed by atoms with Gasteiger partial charge in [-0.2, -0.15) is 0 Å². The standard InChI is InChI=1S/C13H17BrClNO2/c1-8(2)12(17)5-6-16-13(18)10-4-3-9(15)7-11(10)14/h3-4,7-8,12,17H,5-6H2,1-2H3,(H,16,18). The second-order valence-corrected chi connectivity index (χ2v) is 5.77. The fraction of sp³-hybridized carbons (Fsp3) is 0.462. The van der Waals surface area contributed by atoms with Crippen molar-refractivity contribution in [3.05, 3.63) is 33.3 Å². The summed E-state index contributed by atoms with van der Waals surface area (Å²) in [6.07, 6.45) is 0.160. The molecule has 1 unspecified atom stereocenters. The molecule has 1 aromatic rings. The minimum Gasteiger partial charge on any atom is -0.393 e. The number of hydrogen-bond acceptors (Lipinski definition) is 2. The van der Waals surface area contributed by atoms with Crippen LogP contribution in [0.25, 0.3) is 0 Å². The molecule has 18 heavy (non-hydrogen) atoms. The largest absolute Gasteiger partial charge is 0.393 e. The molecule has 0 saturated heterocycles. The van der Waals surface area contributed by atoms with E-state index in [1.165, 1.54) is 0 Å². The van der Waals surface area contributed by atoms with E-state index in [1.54, 1.807) is 18.2 Å². The first kappa shape index (κ1) is 15.5. The first-order valence-electron chi connectivity index (χ1n) is 5.83. The summed E-state index contributed by atoms with van der Waals surface area (Å²) < 4.78 is 0.664. The van der Waals surface area contributed by atoms with E-state index in [1.807, 2.05) is 13.8 Å². The quantitative estimate of drug-likeness (QED) is 0.868. The van der Waals surface area contributed by atoms with E-state index < -0.39 is 0 Å². The van der Waals surface area contributed by atoms with E-state index in [0.29, 0.717) is 28.0 Å². The number of hydrogen-bond donors (Lipinski definition) is 2. The highest BCUT2D eigenvalue weighted by atomic mass is 79.9. The lowest BCUT2D eigenvalue weighted by Gasteiger charge is -2.14. The number of halogens is 2. The predicted molar refractivity (Wildman–Crippen MR) is 76.9 cm³/mol. The maximum absolute atomic E-state index is 11.9. The van der Waals surface area contributed by atoms with Crippen LogP contribution in [0.15, 0.2) is 22.7 Å². The smallest absolute Gasteiger partial charge is 0.252 e. The lowest BCUT2D eigenvalue weighted by molar-refractivity contribution is 0.0919. The molecule has 0 saturated carbocycles. The molecule has 0 radical (unpaired) electrons. The third-order valence-electron chi connectivity index (χ3n) is 2.67. The highest BCUT2D eigenvalue weighted by Crippen LogP contribution is 2.21. The topological polar surface area (TPSA) is 49.3 Å². The molecule has 1 rings (SSSR count). The number of nitrogens with one attached hydrogen (secondary N) is 1. The molecule has 0 aliphatic heterocycles. The van der Waals surface area contributed by atoms with E-state index in [2.05, 4.69) is 21.2 Å². The fourth-order valence-corrected chi connectivity index (χ4v) is 2.30. The summed E-state index contributed by atoms with van der Waals surface area (Å²) in [4.78, 5) is 11.9. The number of amides is 1. The molecule has 0 aromatic heterocycles. The summed E-state index contributed by atoms with van der Waals surface area (Å²) >= 11 is 9.10. The van der Waals surface area contributed by atoms with Crippen LogP contribution in [-0.2, 0) is 0 Å². The van der Waals surface area contributed by atoms with Gasteiger partial charge in [-0.3, -0.25) is 4.79 Å². The van der Waals surface area contributed by atoms with Crippen LogP contribution in [0.1, 0.15) is 30.6 Å². The van der Waals surface area contributed by atoms with Gasteiger partial charge in [0.15, 0.2) is 0 Å². The molecule has 1 amide bonds. The zero-order valence-electron chi connectivity index (χ0n) is 10.4. The van der Waals surface area contributed by atoms with Gasteiger partial charge in [0.1, 0.15) is 0 Å². The molecule has 1 aromatic carbocycles. The molecule has 100 valence electrons. The molecule has 3 nitrogen and oxygen atoms in total. The molecule has 2 N–H and O–H groups in total. The highest BCUT2D eigenvalue weighted by molar-refractivity contribution is 9.10. The molecule has 0 aliphatic rings. The molecule has 0 aliphatic carbocycles. The van der Waals surface area contributed by atoms with Crippen molar-refractivity contribution in [3.8, 4) is 0 Å². The molecular formula is C13H17BrClNO2. The maximum atomic E-state index is 11.9. The Bertz CT molecular complexity index is 423. The lowest BCUT2D eigenvalue weighted by Crippen LogP contribution is -2.28. The minimum absolute atomic E-state index is 0.172. The first-order chi connectivity index (χ1) is 8.41. The van der Waals surface area contributed by atoms with Crippen LogP contribution in [-0.4, -0.2) is 23.7 Å². The van der Waals surface area contributed by atoms with E-state index in [4.69, 9.17) is 11.6 Å². The van der Waals surface area contributed by atoms with Crippen molar-refractivity contribution in [2.24, 2.45) is 5.92 Å². The third-order valence-corrected chi connectivity index (χ3v) is 3.56. The van der Waals surface area contributed by atoms with Gasteiger partial charge in [-0.15, -0.1) is 0 Å². The van der Waals surface area contributed by atoms with Crippen molar-refractivity contribution in [2.75, 3.05) is 6.54 Å². The van der Waals surface area contributed by atoms with Crippen LogP contribution >= 0.6 is 27.5 Å². The number of benzene rings is 1. The van der Waals surface area contributed by atoms with Crippen LogP contribution < -0.4 is 5.32 Å². The molecule has 0 heterocycles. The van der Waals surface area contributed by atoms with Gasteiger partial charge in [-0.25, -0.2) is 0 Å². The average Bonchev–Trinajstić information content (AvgIpc) is 2.28. The summed E-state index contributed by atoms with van der Waals surface area (Å²) in [6, 6.07) is 5.02. The van der Waals surface area contributed by atoms with Crippen LogP contribution in [0, 0.1) is 5.92 Å². The Morgan fingerprint density at radius 2 is 2.17 bits per heavy atom. The molecule has 5 heteroatoms. The number of carbonyl (C=O) groups excluding carboxylic acids is 1. The van der Waals surface area contributed by atoms with E-state index in [9.17, 15) is 9.90 Å². The number of aliphatic hydroxyl groups is 1. The zero-order valence-corrected chi connectivity index (χ0v) is 12.8. The second kappa shape index (κ2) is 7.12. The summed E-state index contributed by atoms with van der Waals surface area (Å²) in [5.74, 6) is 0.0265. The SMILES string of the molecule is CC(C)C(O)CCNC(=O)c1ccc(Cl)cc1Br. The Morgan fingerprint density at radius 1 is 1.50 bits per heavy atom. The van der Waals surface area contributed by atoms with Crippen molar-refractivity contribution < 1.29 is 9.90 Å². The number of carbonyl (C=O) groups is 1. The Labute approximate surface area is 121 Å².